The summed E-state index contributed by atoms with van der Waals surface area (Å²) in [5, 5.41) is 3.29. The number of hydrogen-bond acceptors (Lipinski definition) is 2. The van der Waals surface area contributed by atoms with E-state index in [0.29, 0.717) is 11.0 Å². The number of rotatable bonds is 0. The molecule has 0 aromatic carbocycles. The Hall–Kier alpha value is -0.500. The zero-order valence-electron chi connectivity index (χ0n) is 9.64. The molecule has 2 aliphatic rings. The Morgan fingerprint density at radius 1 is 1.29 bits per heavy atom. The van der Waals surface area contributed by atoms with Crippen molar-refractivity contribution in [3.05, 3.63) is 12.3 Å². The molecule has 2 rings (SSSR count). The maximum Gasteiger partial charge on any atom is 0.0150 e. The first-order chi connectivity index (χ1) is 6.52. The van der Waals surface area contributed by atoms with Gasteiger partial charge in [0.05, 0.1) is 0 Å². The minimum Gasteiger partial charge on any atom is -0.391 e. The largest absolute Gasteiger partial charge is 0.391 e. The van der Waals surface area contributed by atoms with Crippen molar-refractivity contribution in [2.45, 2.75) is 39.2 Å². The summed E-state index contributed by atoms with van der Waals surface area (Å²) < 4.78 is 0. The molecule has 0 bridgehead atoms. The molecule has 0 saturated carbocycles. The van der Waals surface area contributed by atoms with Gasteiger partial charge in [0.25, 0.3) is 0 Å². The van der Waals surface area contributed by atoms with E-state index >= 15 is 0 Å². The van der Waals surface area contributed by atoms with Crippen LogP contribution in [-0.2, 0) is 0 Å². The van der Waals surface area contributed by atoms with Crippen LogP contribution in [0.3, 0.4) is 0 Å². The Morgan fingerprint density at radius 2 is 2.07 bits per heavy atom. The molecule has 0 aromatic heterocycles. The molecule has 80 valence electrons. The molecule has 2 heterocycles. The number of likely N-dealkylation sites (tertiary alicyclic amines) is 1. The van der Waals surface area contributed by atoms with Gasteiger partial charge in [-0.05, 0) is 46.4 Å². The molecule has 0 amide bonds. The quantitative estimate of drug-likeness (QED) is 0.634. The lowest BCUT2D eigenvalue weighted by Crippen LogP contribution is -2.41. The van der Waals surface area contributed by atoms with E-state index in [0.717, 1.165) is 6.54 Å². The van der Waals surface area contributed by atoms with Crippen LogP contribution in [0.5, 0.6) is 0 Å². The van der Waals surface area contributed by atoms with Crippen LogP contribution in [0.1, 0.15) is 33.6 Å². The van der Waals surface area contributed by atoms with Gasteiger partial charge >= 0.3 is 0 Å². The van der Waals surface area contributed by atoms with Gasteiger partial charge in [0.2, 0.25) is 0 Å². The molecule has 1 unspecified atom stereocenters. The molecule has 1 N–H and O–H groups in total. The maximum atomic E-state index is 3.29. The number of nitrogens with one attached hydrogen (secondary N) is 1. The van der Waals surface area contributed by atoms with Crippen LogP contribution in [0.2, 0.25) is 0 Å². The first-order valence-corrected chi connectivity index (χ1v) is 5.68. The molecule has 2 aliphatic heterocycles. The summed E-state index contributed by atoms with van der Waals surface area (Å²) in [6.07, 6.45) is 7.18. The Morgan fingerprint density at radius 3 is 2.57 bits per heavy atom. The standard InChI is InChI=1S/C12H22N2/c1-11(2,3)14-9-6-12(10-14)4-7-13-8-5-12/h4,7,13H,5-6,8-10H2,1-3H3. The van der Waals surface area contributed by atoms with E-state index in [2.05, 4.69) is 43.3 Å². The van der Waals surface area contributed by atoms with E-state index < -0.39 is 0 Å². The maximum absolute atomic E-state index is 3.29. The van der Waals surface area contributed by atoms with E-state index in [9.17, 15) is 0 Å². The van der Waals surface area contributed by atoms with E-state index in [1.54, 1.807) is 0 Å². The molecular formula is C12H22N2. The van der Waals surface area contributed by atoms with Crippen LogP contribution in [0.4, 0.5) is 0 Å². The molecule has 1 saturated heterocycles. The van der Waals surface area contributed by atoms with Crippen LogP contribution < -0.4 is 5.32 Å². The zero-order valence-corrected chi connectivity index (χ0v) is 9.64. The first kappa shape index (κ1) is 10.0. The smallest absolute Gasteiger partial charge is 0.0150 e. The van der Waals surface area contributed by atoms with Crippen molar-refractivity contribution < 1.29 is 0 Å². The molecule has 0 radical (unpaired) electrons. The van der Waals surface area contributed by atoms with Crippen molar-refractivity contribution in [3.63, 3.8) is 0 Å². The van der Waals surface area contributed by atoms with Crippen LogP contribution in [0.25, 0.3) is 0 Å². The molecular weight excluding hydrogens is 172 g/mol. The third kappa shape index (κ3) is 1.81. The fourth-order valence-electron chi connectivity index (χ4n) is 2.53. The van der Waals surface area contributed by atoms with Crippen LogP contribution in [0.15, 0.2) is 12.3 Å². The lowest BCUT2D eigenvalue weighted by molar-refractivity contribution is 0.156. The SMILES string of the molecule is CC(C)(C)N1CCC2(C=CNCC2)C1. The molecule has 1 fully saturated rings. The first-order valence-electron chi connectivity index (χ1n) is 5.68. The topological polar surface area (TPSA) is 15.3 Å². The highest BCUT2D eigenvalue weighted by Crippen LogP contribution is 2.39. The molecule has 2 heteroatoms. The third-order valence-electron chi connectivity index (χ3n) is 3.66. The predicted molar refractivity (Wildman–Crippen MR) is 60.1 cm³/mol. The van der Waals surface area contributed by atoms with Gasteiger partial charge in [0.1, 0.15) is 0 Å². The molecule has 1 spiro atoms. The minimum absolute atomic E-state index is 0.336. The van der Waals surface area contributed by atoms with Gasteiger partial charge in [-0.1, -0.05) is 6.08 Å². The van der Waals surface area contributed by atoms with Gasteiger partial charge in [-0.3, -0.25) is 4.90 Å². The van der Waals surface area contributed by atoms with Gasteiger partial charge < -0.3 is 5.32 Å². The van der Waals surface area contributed by atoms with Crippen molar-refractivity contribution in [2.75, 3.05) is 19.6 Å². The molecule has 0 aliphatic carbocycles. The van der Waals surface area contributed by atoms with Crippen LogP contribution in [-0.4, -0.2) is 30.1 Å². The number of nitrogens with zero attached hydrogens (tertiary/aromatic N) is 1. The van der Waals surface area contributed by atoms with E-state index in [4.69, 9.17) is 0 Å². The van der Waals surface area contributed by atoms with Crippen molar-refractivity contribution in [3.8, 4) is 0 Å². The second-order valence-electron chi connectivity index (χ2n) is 5.74. The van der Waals surface area contributed by atoms with Crippen molar-refractivity contribution in [2.24, 2.45) is 5.41 Å². The molecule has 2 nitrogen and oxygen atoms in total. The summed E-state index contributed by atoms with van der Waals surface area (Å²) in [6, 6.07) is 0. The summed E-state index contributed by atoms with van der Waals surface area (Å²) in [7, 11) is 0. The van der Waals surface area contributed by atoms with E-state index in [1.807, 2.05) is 0 Å². The second-order valence-corrected chi connectivity index (χ2v) is 5.74. The highest BCUT2D eigenvalue weighted by Gasteiger charge is 2.40. The summed E-state index contributed by atoms with van der Waals surface area (Å²) in [4.78, 5) is 2.61. The fourth-order valence-corrected chi connectivity index (χ4v) is 2.53. The average molecular weight is 194 g/mol. The third-order valence-corrected chi connectivity index (χ3v) is 3.66. The molecule has 0 aromatic rings. The van der Waals surface area contributed by atoms with Gasteiger partial charge in [0.15, 0.2) is 0 Å². The van der Waals surface area contributed by atoms with Gasteiger partial charge in [-0.15, -0.1) is 0 Å². The van der Waals surface area contributed by atoms with E-state index in [1.165, 1.54) is 25.9 Å². The monoisotopic (exact) mass is 194 g/mol. The molecule has 1 atom stereocenters. The Bertz CT molecular complexity index is 239. The van der Waals surface area contributed by atoms with Crippen molar-refractivity contribution >= 4 is 0 Å². The number of hydrogen-bond donors (Lipinski definition) is 1. The predicted octanol–water partition coefficient (Wildman–Crippen LogP) is 1.98. The summed E-state index contributed by atoms with van der Waals surface area (Å²) in [5.41, 5.74) is 0.820. The van der Waals surface area contributed by atoms with E-state index in [-0.39, 0.29) is 0 Å². The molecule has 14 heavy (non-hydrogen) atoms. The van der Waals surface area contributed by atoms with Gasteiger partial charge in [-0.25, -0.2) is 0 Å². The summed E-state index contributed by atoms with van der Waals surface area (Å²) >= 11 is 0. The minimum atomic E-state index is 0.336. The lowest BCUT2D eigenvalue weighted by atomic mass is 9.82. The normalized spacial score (nSPS) is 33.6. The van der Waals surface area contributed by atoms with Crippen LogP contribution in [0, 0.1) is 5.41 Å². The van der Waals surface area contributed by atoms with Crippen molar-refractivity contribution in [1.29, 1.82) is 0 Å². The Labute approximate surface area is 87.4 Å². The summed E-state index contributed by atoms with van der Waals surface area (Å²) in [5.74, 6) is 0. The Balaban J connectivity index is 2.06. The second kappa shape index (κ2) is 3.27. The Kier molecular flexibility index (Phi) is 2.34. The fraction of sp³-hybridized carbons (Fsp3) is 0.833. The van der Waals surface area contributed by atoms with Gasteiger partial charge in [0, 0.05) is 24.0 Å². The van der Waals surface area contributed by atoms with Crippen molar-refractivity contribution in [1.82, 2.24) is 10.2 Å². The summed E-state index contributed by atoms with van der Waals surface area (Å²) in [6.45, 7) is 10.6. The van der Waals surface area contributed by atoms with Crippen LogP contribution >= 0.6 is 0 Å². The average Bonchev–Trinajstić information content (AvgIpc) is 2.50. The zero-order chi connectivity index (χ0) is 10.2. The highest BCUT2D eigenvalue weighted by atomic mass is 15.2. The highest BCUT2D eigenvalue weighted by molar-refractivity contribution is 5.08. The van der Waals surface area contributed by atoms with Gasteiger partial charge in [-0.2, -0.15) is 0 Å². The lowest BCUT2D eigenvalue weighted by Gasteiger charge is -2.35.